The summed E-state index contributed by atoms with van der Waals surface area (Å²) in [6, 6.07) is 7.49. The quantitative estimate of drug-likeness (QED) is 0.858. The summed E-state index contributed by atoms with van der Waals surface area (Å²) in [5, 5.41) is 7.02. The van der Waals surface area contributed by atoms with Crippen LogP contribution in [0.5, 0.6) is 0 Å². The fraction of sp³-hybridized carbons (Fsp3) is 0.444. The monoisotopic (exact) mass is 341 g/mol. The van der Waals surface area contributed by atoms with E-state index < -0.39 is 7.12 Å². The Hall–Kier alpha value is -2.12. The van der Waals surface area contributed by atoms with Crippen LogP contribution in [0.2, 0.25) is 0 Å². The first kappa shape index (κ1) is 17.7. The molecule has 1 aromatic heterocycles. The molecule has 1 fully saturated rings. The first-order chi connectivity index (χ1) is 11.7. The van der Waals surface area contributed by atoms with Crippen molar-refractivity contribution in [3.63, 3.8) is 0 Å². The maximum absolute atomic E-state index is 11.6. The number of carbonyl (C=O) groups is 1. The molecule has 1 aliphatic rings. The standard InChI is InChI=1S/C18H24BN3O3/c1-17(2)18(3,4)25-19(24-17)15-10-21-22(12-15)11-13-6-8-14(9-7-13)16(23)20-5/h6-10,12H,11H2,1-5H3,(H,20,23). The highest BCUT2D eigenvalue weighted by Gasteiger charge is 2.52. The van der Waals surface area contributed by atoms with Gasteiger partial charge in [-0.1, -0.05) is 12.1 Å². The molecule has 7 heteroatoms. The summed E-state index contributed by atoms with van der Waals surface area (Å²) >= 11 is 0. The molecule has 25 heavy (non-hydrogen) atoms. The van der Waals surface area contributed by atoms with Crippen molar-refractivity contribution in [2.45, 2.75) is 45.4 Å². The molecule has 6 nitrogen and oxygen atoms in total. The minimum absolute atomic E-state index is 0.0892. The molecule has 0 bridgehead atoms. The zero-order valence-electron chi connectivity index (χ0n) is 15.4. The summed E-state index contributed by atoms with van der Waals surface area (Å²) in [6.45, 7) is 8.75. The summed E-state index contributed by atoms with van der Waals surface area (Å²) in [7, 11) is 1.21. The van der Waals surface area contributed by atoms with Crippen molar-refractivity contribution in [2.75, 3.05) is 7.05 Å². The highest BCUT2D eigenvalue weighted by atomic mass is 16.7. The Morgan fingerprint density at radius 1 is 1.16 bits per heavy atom. The Morgan fingerprint density at radius 2 is 1.76 bits per heavy atom. The number of amides is 1. The van der Waals surface area contributed by atoms with Gasteiger partial charge in [0.15, 0.2) is 0 Å². The van der Waals surface area contributed by atoms with Gasteiger partial charge in [-0.2, -0.15) is 5.10 Å². The van der Waals surface area contributed by atoms with Crippen LogP contribution in [-0.2, 0) is 15.9 Å². The van der Waals surface area contributed by atoms with E-state index in [-0.39, 0.29) is 17.1 Å². The van der Waals surface area contributed by atoms with Crippen LogP contribution in [0.4, 0.5) is 0 Å². The number of nitrogens with zero attached hydrogens (tertiary/aromatic N) is 2. The van der Waals surface area contributed by atoms with Gasteiger partial charge in [0.2, 0.25) is 0 Å². The predicted molar refractivity (Wildman–Crippen MR) is 96.9 cm³/mol. The normalized spacial score (nSPS) is 18.4. The van der Waals surface area contributed by atoms with Crippen molar-refractivity contribution in [3.8, 4) is 0 Å². The van der Waals surface area contributed by atoms with Crippen LogP contribution in [0.1, 0.15) is 43.6 Å². The largest absolute Gasteiger partial charge is 0.498 e. The molecular weight excluding hydrogens is 317 g/mol. The second kappa shape index (κ2) is 6.31. The van der Waals surface area contributed by atoms with Crippen molar-refractivity contribution in [2.24, 2.45) is 0 Å². The van der Waals surface area contributed by atoms with Gasteiger partial charge in [-0.3, -0.25) is 9.48 Å². The van der Waals surface area contributed by atoms with Crippen LogP contribution < -0.4 is 10.8 Å². The third kappa shape index (κ3) is 3.48. The van der Waals surface area contributed by atoms with E-state index in [1.165, 1.54) is 0 Å². The number of hydrogen-bond acceptors (Lipinski definition) is 4. The molecule has 0 spiro atoms. The lowest BCUT2D eigenvalue weighted by Gasteiger charge is -2.32. The van der Waals surface area contributed by atoms with Crippen molar-refractivity contribution < 1.29 is 14.1 Å². The molecule has 0 radical (unpaired) electrons. The van der Waals surface area contributed by atoms with Crippen molar-refractivity contribution in [3.05, 3.63) is 47.8 Å². The second-order valence-corrected chi connectivity index (χ2v) is 7.34. The molecule has 1 N–H and O–H groups in total. The Bertz CT molecular complexity index is 752. The number of hydrogen-bond donors (Lipinski definition) is 1. The third-order valence-electron chi connectivity index (χ3n) is 4.97. The third-order valence-corrected chi connectivity index (χ3v) is 4.97. The Kier molecular flexibility index (Phi) is 4.47. The SMILES string of the molecule is CNC(=O)c1ccc(Cn2cc(B3OC(C)(C)C(C)(C)O3)cn2)cc1. The van der Waals surface area contributed by atoms with Gasteiger partial charge in [0, 0.05) is 30.5 Å². The molecule has 0 atom stereocenters. The van der Waals surface area contributed by atoms with E-state index >= 15 is 0 Å². The highest BCUT2D eigenvalue weighted by Crippen LogP contribution is 2.36. The average Bonchev–Trinajstić information content (AvgIpc) is 3.10. The summed E-state index contributed by atoms with van der Waals surface area (Å²) in [5.41, 5.74) is 1.88. The minimum atomic E-state index is -0.408. The smallest absolute Gasteiger partial charge is 0.399 e. The van der Waals surface area contributed by atoms with Gasteiger partial charge in [0.25, 0.3) is 5.91 Å². The molecule has 1 amide bonds. The Morgan fingerprint density at radius 3 is 2.32 bits per heavy atom. The molecule has 132 valence electrons. The van der Waals surface area contributed by atoms with E-state index in [0.29, 0.717) is 12.1 Å². The zero-order chi connectivity index (χ0) is 18.2. The number of carbonyl (C=O) groups excluding carboxylic acids is 1. The van der Waals surface area contributed by atoms with Gasteiger partial charge < -0.3 is 14.6 Å². The first-order valence-electron chi connectivity index (χ1n) is 8.41. The topological polar surface area (TPSA) is 65.4 Å². The lowest BCUT2D eigenvalue weighted by molar-refractivity contribution is 0.00578. The van der Waals surface area contributed by atoms with Gasteiger partial charge in [-0.15, -0.1) is 0 Å². The lowest BCUT2D eigenvalue weighted by Crippen LogP contribution is -2.41. The maximum atomic E-state index is 11.6. The van der Waals surface area contributed by atoms with E-state index in [9.17, 15) is 4.79 Å². The van der Waals surface area contributed by atoms with Crippen molar-refractivity contribution in [1.82, 2.24) is 15.1 Å². The van der Waals surface area contributed by atoms with E-state index in [1.54, 1.807) is 13.2 Å². The predicted octanol–water partition coefficient (Wildman–Crippen LogP) is 1.59. The molecule has 0 aliphatic carbocycles. The molecule has 2 heterocycles. The van der Waals surface area contributed by atoms with E-state index in [4.69, 9.17) is 9.31 Å². The zero-order valence-corrected chi connectivity index (χ0v) is 15.4. The Balaban J connectivity index is 1.69. The van der Waals surface area contributed by atoms with Crippen LogP contribution in [0.3, 0.4) is 0 Å². The summed E-state index contributed by atoms with van der Waals surface area (Å²) in [6.07, 6.45) is 3.72. The van der Waals surface area contributed by atoms with Gasteiger partial charge in [0.1, 0.15) is 0 Å². The molecule has 0 saturated carbocycles. The van der Waals surface area contributed by atoms with Gasteiger partial charge in [-0.25, -0.2) is 0 Å². The maximum Gasteiger partial charge on any atom is 0.498 e. The van der Waals surface area contributed by atoms with Crippen molar-refractivity contribution >= 4 is 18.5 Å². The van der Waals surface area contributed by atoms with Gasteiger partial charge in [-0.05, 0) is 45.4 Å². The lowest BCUT2D eigenvalue weighted by atomic mass is 9.82. The van der Waals surface area contributed by atoms with Gasteiger partial charge >= 0.3 is 7.12 Å². The summed E-state index contributed by atoms with van der Waals surface area (Å²) < 4.78 is 13.9. The molecule has 1 aromatic carbocycles. The van der Waals surface area contributed by atoms with Crippen LogP contribution in [0.25, 0.3) is 0 Å². The molecule has 1 saturated heterocycles. The number of rotatable bonds is 4. The second-order valence-electron chi connectivity index (χ2n) is 7.34. The van der Waals surface area contributed by atoms with Gasteiger partial charge in [0.05, 0.1) is 17.7 Å². The summed E-state index contributed by atoms with van der Waals surface area (Å²) in [5.74, 6) is -0.0892. The van der Waals surface area contributed by atoms with Crippen molar-refractivity contribution in [1.29, 1.82) is 0 Å². The fourth-order valence-corrected chi connectivity index (χ4v) is 2.66. The van der Waals surface area contributed by atoms with E-state index in [2.05, 4.69) is 10.4 Å². The first-order valence-corrected chi connectivity index (χ1v) is 8.41. The number of aromatic nitrogens is 2. The van der Waals surface area contributed by atoms with E-state index in [0.717, 1.165) is 11.0 Å². The summed E-state index contributed by atoms with van der Waals surface area (Å²) in [4.78, 5) is 11.6. The van der Waals surface area contributed by atoms with Crippen LogP contribution in [0.15, 0.2) is 36.7 Å². The Labute approximate surface area is 148 Å². The fourth-order valence-electron chi connectivity index (χ4n) is 2.66. The highest BCUT2D eigenvalue weighted by molar-refractivity contribution is 6.62. The van der Waals surface area contributed by atoms with E-state index in [1.807, 2.05) is 62.8 Å². The number of nitrogens with one attached hydrogen (secondary N) is 1. The number of benzene rings is 1. The molecule has 2 aromatic rings. The average molecular weight is 341 g/mol. The molecule has 0 unspecified atom stereocenters. The molecule has 1 aliphatic heterocycles. The minimum Gasteiger partial charge on any atom is -0.399 e. The van der Waals surface area contributed by atoms with Crippen LogP contribution >= 0.6 is 0 Å². The molecule has 3 rings (SSSR count). The molecular formula is C18H24BN3O3. The van der Waals surface area contributed by atoms with Crippen LogP contribution in [0, 0.1) is 0 Å². The van der Waals surface area contributed by atoms with Crippen LogP contribution in [-0.4, -0.2) is 41.1 Å².